The Morgan fingerprint density at radius 2 is 1.78 bits per heavy atom. The number of hydrogen-bond donors (Lipinski definition) is 5. The molecule has 254 valence electrons. The average molecular weight is 707 g/mol. The number of carbonyl (C=O) groups excluding carboxylic acids is 3. The van der Waals surface area contributed by atoms with E-state index in [0.717, 1.165) is 21.2 Å². The average Bonchev–Trinajstić information content (AvgIpc) is 3.42. The summed E-state index contributed by atoms with van der Waals surface area (Å²) in [4.78, 5) is 93.7. The number of β-lactam (4-membered cyclic amide) rings is 1. The number of rotatable bonds is 10. The number of nitrogens with one attached hydrogen (secondary N) is 4. The summed E-state index contributed by atoms with van der Waals surface area (Å²) < 4.78 is 2.12. The quantitative estimate of drug-likeness (QED) is 0.0891. The SMILES string of the molecule is CC(C)Cn1c(SCC2=C(C(=O)O)N3C(=O)C(NC(=O)C(NC(=O)n4c(=O)[nH]c5ccccc54)c4ccccc4)[C@@H]3SC2)n[nH]c(=O)c1=O. The third-order valence-corrected chi connectivity index (χ3v) is 10.3. The molecule has 0 radical (unpaired) electrons. The number of carboxylic acids is 1. The van der Waals surface area contributed by atoms with Crippen LogP contribution in [-0.2, 0) is 20.9 Å². The largest absolute Gasteiger partial charge is 0.477 e. The van der Waals surface area contributed by atoms with E-state index in [1.165, 1.54) is 16.3 Å². The third-order valence-electron chi connectivity index (χ3n) is 7.85. The minimum atomic E-state index is -1.34. The fraction of sp³-hybridized carbons (Fsp3) is 0.290. The van der Waals surface area contributed by atoms with E-state index >= 15 is 0 Å². The second-order valence-electron chi connectivity index (χ2n) is 11.7. The minimum Gasteiger partial charge on any atom is -0.477 e. The normalized spacial score (nSPS) is 17.9. The topological polar surface area (TPSA) is 221 Å². The lowest BCUT2D eigenvalue weighted by molar-refractivity contribution is -0.151. The van der Waals surface area contributed by atoms with Gasteiger partial charge in [0, 0.05) is 18.1 Å². The molecule has 2 unspecified atom stereocenters. The fourth-order valence-electron chi connectivity index (χ4n) is 5.63. The van der Waals surface area contributed by atoms with Crippen molar-refractivity contribution >= 4 is 58.4 Å². The van der Waals surface area contributed by atoms with E-state index in [0.29, 0.717) is 22.2 Å². The highest BCUT2D eigenvalue weighted by Crippen LogP contribution is 2.41. The highest BCUT2D eigenvalue weighted by molar-refractivity contribution is 8.01. The van der Waals surface area contributed by atoms with Crippen LogP contribution in [0.15, 0.2) is 85.4 Å². The van der Waals surface area contributed by atoms with E-state index in [1.807, 2.05) is 13.8 Å². The molecular formula is C31H30N8O8S2. The van der Waals surface area contributed by atoms with Crippen LogP contribution < -0.4 is 27.4 Å². The van der Waals surface area contributed by atoms with Crippen molar-refractivity contribution in [1.82, 2.24) is 39.8 Å². The van der Waals surface area contributed by atoms with Gasteiger partial charge < -0.3 is 20.7 Å². The molecule has 1 saturated heterocycles. The standard InChI is InChI=1S/C31H30N8O8S2/c1-15(2)12-37-26(43)24(41)35-36-31(37)49-14-17-13-48-27-21(25(42)39(27)22(17)28(44)45)33-23(40)20(16-8-4-3-5-9-16)34-30(47)38-19-11-7-6-10-18(19)32-29(38)46/h3-11,15,20-21,27H,12-14H2,1-2H3,(H,32,46)(H,33,40)(H,34,47)(H,35,41)(H,44,45)/t20?,21?,27-/m0/s1. The number of aliphatic carboxylic acids is 1. The van der Waals surface area contributed by atoms with Crippen LogP contribution >= 0.6 is 23.5 Å². The van der Waals surface area contributed by atoms with Crippen LogP contribution in [-0.4, -0.2) is 81.1 Å². The molecule has 4 heterocycles. The molecule has 2 aromatic carbocycles. The summed E-state index contributed by atoms with van der Waals surface area (Å²) in [6.45, 7) is 3.97. The summed E-state index contributed by atoms with van der Waals surface area (Å²) in [5.74, 6) is -2.45. The van der Waals surface area contributed by atoms with Crippen LogP contribution in [0, 0.1) is 5.92 Å². The number of H-pyrrole nitrogens is 2. The van der Waals surface area contributed by atoms with Gasteiger partial charge in [-0.2, -0.15) is 0 Å². The lowest BCUT2D eigenvalue weighted by Crippen LogP contribution is -2.71. The van der Waals surface area contributed by atoms with Gasteiger partial charge in [0.2, 0.25) is 5.91 Å². The summed E-state index contributed by atoms with van der Waals surface area (Å²) in [6, 6.07) is 11.6. The molecule has 1 fully saturated rings. The van der Waals surface area contributed by atoms with Gasteiger partial charge in [0.25, 0.3) is 5.91 Å². The highest BCUT2D eigenvalue weighted by atomic mass is 32.2. The number of thioether (sulfide) groups is 2. The second-order valence-corrected chi connectivity index (χ2v) is 13.7. The number of hydrogen-bond acceptors (Lipinski definition) is 10. The number of amides is 3. The molecule has 0 saturated carbocycles. The van der Waals surface area contributed by atoms with Crippen LogP contribution in [0.3, 0.4) is 0 Å². The van der Waals surface area contributed by atoms with Crippen molar-refractivity contribution < 1.29 is 24.3 Å². The zero-order chi connectivity index (χ0) is 35.0. The summed E-state index contributed by atoms with van der Waals surface area (Å²) in [5, 5.41) is 21.0. The van der Waals surface area contributed by atoms with Gasteiger partial charge in [-0.25, -0.2) is 24.0 Å². The number of carbonyl (C=O) groups is 4. The fourth-order valence-corrected chi connectivity index (χ4v) is 8.07. The maximum atomic E-state index is 13.7. The Bertz CT molecular complexity index is 2190. The van der Waals surface area contributed by atoms with Gasteiger partial charge in [0.05, 0.1) is 11.0 Å². The Labute approximate surface area is 285 Å². The molecule has 18 heteroatoms. The van der Waals surface area contributed by atoms with Crippen molar-refractivity contribution in [1.29, 1.82) is 0 Å². The zero-order valence-corrected chi connectivity index (χ0v) is 27.7. The lowest BCUT2D eigenvalue weighted by atomic mass is 10.0. The first kappa shape index (κ1) is 33.5. The van der Waals surface area contributed by atoms with Gasteiger partial charge in [-0.05, 0) is 29.2 Å². The second kappa shape index (κ2) is 13.6. The molecule has 0 spiro atoms. The molecule has 6 rings (SSSR count). The molecule has 2 aliphatic rings. The maximum Gasteiger partial charge on any atom is 0.352 e. The number of para-hydroxylation sites is 2. The summed E-state index contributed by atoms with van der Waals surface area (Å²) in [5.41, 5.74) is -1.06. The lowest BCUT2D eigenvalue weighted by Gasteiger charge is -2.49. The van der Waals surface area contributed by atoms with Gasteiger partial charge in [-0.1, -0.05) is 68.1 Å². The van der Waals surface area contributed by atoms with Crippen molar-refractivity contribution in [3.05, 3.63) is 103 Å². The smallest absolute Gasteiger partial charge is 0.352 e. The molecule has 0 aliphatic carbocycles. The van der Waals surface area contributed by atoms with Crippen LogP contribution in [0.25, 0.3) is 11.0 Å². The van der Waals surface area contributed by atoms with Crippen molar-refractivity contribution in [2.75, 3.05) is 11.5 Å². The molecule has 49 heavy (non-hydrogen) atoms. The van der Waals surface area contributed by atoms with Gasteiger partial charge in [0.1, 0.15) is 23.2 Å². The number of imidazole rings is 1. The van der Waals surface area contributed by atoms with Crippen molar-refractivity contribution in [3.63, 3.8) is 0 Å². The molecular weight excluding hydrogens is 677 g/mol. The number of carboxylic acid groups (broad SMARTS) is 1. The molecule has 2 aliphatic heterocycles. The van der Waals surface area contributed by atoms with E-state index in [9.17, 15) is 38.7 Å². The van der Waals surface area contributed by atoms with Gasteiger partial charge in [0.15, 0.2) is 5.16 Å². The van der Waals surface area contributed by atoms with Gasteiger partial charge >= 0.3 is 28.8 Å². The molecule has 3 amide bonds. The Kier molecular flexibility index (Phi) is 9.33. The van der Waals surface area contributed by atoms with Crippen molar-refractivity contribution in [2.45, 2.75) is 43.0 Å². The van der Waals surface area contributed by atoms with Gasteiger partial charge in [-0.3, -0.25) is 28.6 Å². The predicted octanol–water partition coefficient (Wildman–Crippen LogP) is 1.06. The van der Waals surface area contributed by atoms with Crippen LogP contribution in [0.4, 0.5) is 4.79 Å². The maximum absolute atomic E-state index is 13.7. The Hall–Kier alpha value is -5.36. The summed E-state index contributed by atoms with van der Waals surface area (Å²) in [6.07, 6.45) is 0. The number of nitrogens with zero attached hydrogens (tertiary/aromatic N) is 4. The molecule has 2 aromatic heterocycles. The molecule has 3 atom stereocenters. The van der Waals surface area contributed by atoms with E-state index < -0.39 is 58.1 Å². The van der Waals surface area contributed by atoms with Crippen LogP contribution in [0.2, 0.25) is 0 Å². The minimum absolute atomic E-state index is 0.0255. The Balaban J connectivity index is 1.21. The predicted molar refractivity (Wildman–Crippen MR) is 180 cm³/mol. The van der Waals surface area contributed by atoms with E-state index in [4.69, 9.17) is 0 Å². The van der Waals surface area contributed by atoms with E-state index in [1.54, 1.807) is 54.6 Å². The first-order chi connectivity index (χ1) is 23.5. The zero-order valence-electron chi connectivity index (χ0n) is 26.0. The third kappa shape index (κ3) is 6.43. The molecule has 0 bridgehead atoms. The molecule has 4 aromatic rings. The molecule has 5 N–H and O–H groups in total. The Morgan fingerprint density at radius 3 is 2.49 bits per heavy atom. The van der Waals surface area contributed by atoms with Crippen molar-refractivity contribution in [3.8, 4) is 0 Å². The van der Waals surface area contributed by atoms with E-state index in [2.05, 4.69) is 25.8 Å². The first-order valence-corrected chi connectivity index (χ1v) is 17.1. The number of aromatic amines is 2. The Morgan fingerprint density at radius 1 is 1.06 bits per heavy atom. The number of aromatic nitrogens is 5. The summed E-state index contributed by atoms with van der Waals surface area (Å²) >= 11 is 2.31. The monoisotopic (exact) mass is 706 g/mol. The number of fused-ring (bicyclic) bond motifs is 2. The first-order valence-electron chi connectivity index (χ1n) is 15.0. The molecule has 16 nitrogen and oxygen atoms in total. The summed E-state index contributed by atoms with van der Waals surface area (Å²) in [7, 11) is 0. The number of benzene rings is 2. The van der Waals surface area contributed by atoms with Crippen molar-refractivity contribution in [2.24, 2.45) is 5.92 Å². The van der Waals surface area contributed by atoms with Gasteiger partial charge in [-0.15, -0.1) is 16.9 Å². The van der Waals surface area contributed by atoms with E-state index in [-0.39, 0.29) is 34.8 Å². The highest BCUT2D eigenvalue weighted by Gasteiger charge is 2.54. The van der Waals surface area contributed by atoms with Crippen LogP contribution in [0.1, 0.15) is 25.5 Å². The van der Waals surface area contributed by atoms with Crippen LogP contribution in [0.5, 0.6) is 0 Å².